The quantitative estimate of drug-likeness (QED) is 0.457. The first-order valence-corrected chi connectivity index (χ1v) is 9.22. The van der Waals surface area contributed by atoms with Gasteiger partial charge in [-0.2, -0.15) is 0 Å². The molecule has 0 heterocycles. The van der Waals surface area contributed by atoms with Crippen LogP contribution in [-0.4, -0.2) is 17.4 Å². The van der Waals surface area contributed by atoms with Crippen LogP contribution in [0.1, 0.15) is 72.7 Å². The van der Waals surface area contributed by atoms with Crippen molar-refractivity contribution in [3.05, 3.63) is 70.2 Å². The highest BCUT2D eigenvalue weighted by Crippen LogP contribution is 2.27. The number of Topliss-reactive ketones (excluding diaryl/α,β-unsaturated/α-hetero) is 1. The number of carbonyl (C=O) groups is 2. The van der Waals surface area contributed by atoms with Crippen LogP contribution in [0.25, 0.3) is 0 Å². The maximum Gasteiger partial charge on any atom is 0.338 e. The summed E-state index contributed by atoms with van der Waals surface area (Å²) in [6, 6.07) is 14.1. The summed E-state index contributed by atoms with van der Waals surface area (Å²) >= 11 is 5.91. The highest BCUT2D eigenvalue weighted by Gasteiger charge is 2.22. The topological polar surface area (TPSA) is 43.4 Å². The Kier molecular flexibility index (Phi) is 6.60. The van der Waals surface area contributed by atoms with Gasteiger partial charge in [0.15, 0.2) is 5.78 Å². The summed E-state index contributed by atoms with van der Waals surface area (Å²) in [5, 5.41) is 0.607. The molecule has 2 aromatic carbocycles. The summed E-state index contributed by atoms with van der Waals surface area (Å²) in [5.41, 5.74) is 1.49. The Morgan fingerprint density at radius 2 is 1.50 bits per heavy atom. The van der Waals surface area contributed by atoms with Crippen molar-refractivity contribution in [2.45, 2.75) is 52.1 Å². The van der Waals surface area contributed by atoms with Crippen LogP contribution >= 0.6 is 11.6 Å². The molecule has 0 fully saturated rings. The molecule has 0 aliphatic heterocycles. The average Bonchev–Trinajstić information content (AvgIpc) is 2.58. The Morgan fingerprint density at radius 1 is 0.962 bits per heavy atom. The zero-order valence-electron chi connectivity index (χ0n) is 15.7. The fraction of sp³-hybridized carbons (Fsp3) is 0.364. The number of esters is 1. The van der Waals surface area contributed by atoms with Gasteiger partial charge in [0.25, 0.3) is 0 Å². The van der Waals surface area contributed by atoms with Crippen LogP contribution in [0.2, 0.25) is 5.02 Å². The molecule has 0 amide bonds. The zero-order valence-corrected chi connectivity index (χ0v) is 16.5. The molecule has 138 valence electrons. The summed E-state index contributed by atoms with van der Waals surface area (Å²) in [4.78, 5) is 25.1. The molecule has 0 unspecified atom stereocenters. The van der Waals surface area contributed by atoms with Crippen LogP contribution in [0, 0.1) is 0 Å². The van der Waals surface area contributed by atoms with Crippen LogP contribution in [0.5, 0.6) is 0 Å². The largest absolute Gasteiger partial charge is 0.456 e. The number of hydrogen-bond donors (Lipinski definition) is 0. The van der Waals surface area contributed by atoms with Crippen molar-refractivity contribution >= 4 is 23.4 Å². The molecule has 2 rings (SSSR count). The van der Waals surface area contributed by atoms with E-state index in [1.807, 2.05) is 32.9 Å². The molecule has 1 atom stereocenters. The first kappa shape index (κ1) is 20.2. The third-order valence-electron chi connectivity index (χ3n) is 3.97. The number of benzene rings is 2. The molecule has 0 saturated carbocycles. The van der Waals surface area contributed by atoms with Crippen molar-refractivity contribution in [1.29, 1.82) is 0 Å². The second kappa shape index (κ2) is 8.50. The van der Waals surface area contributed by atoms with E-state index in [0.717, 1.165) is 18.4 Å². The second-order valence-electron chi connectivity index (χ2n) is 7.34. The Bertz CT molecular complexity index is 755. The van der Waals surface area contributed by atoms with Crippen LogP contribution in [0.3, 0.4) is 0 Å². The van der Waals surface area contributed by atoms with Gasteiger partial charge in [-0.1, -0.05) is 37.1 Å². The van der Waals surface area contributed by atoms with Gasteiger partial charge >= 0.3 is 5.97 Å². The van der Waals surface area contributed by atoms with E-state index in [0.29, 0.717) is 16.1 Å². The van der Waals surface area contributed by atoms with Gasteiger partial charge in [0.2, 0.25) is 0 Å². The van der Waals surface area contributed by atoms with Crippen molar-refractivity contribution in [3.63, 3.8) is 0 Å². The second-order valence-corrected chi connectivity index (χ2v) is 7.77. The average molecular weight is 373 g/mol. The fourth-order valence-corrected chi connectivity index (χ4v) is 2.87. The molecule has 0 aliphatic carbocycles. The van der Waals surface area contributed by atoms with Gasteiger partial charge < -0.3 is 4.74 Å². The fourth-order valence-electron chi connectivity index (χ4n) is 2.74. The third kappa shape index (κ3) is 5.43. The van der Waals surface area contributed by atoms with Crippen molar-refractivity contribution in [2.24, 2.45) is 0 Å². The number of ketones is 1. The van der Waals surface area contributed by atoms with Gasteiger partial charge in [-0.15, -0.1) is 0 Å². The molecule has 0 aromatic heterocycles. The summed E-state index contributed by atoms with van der Waals surface area (Å²) in [7, 11) is 0. The summed E-state index contributed by atoms with van der Waals surface area (Å²) in [6.07, 6.45) is 1.63. The van der Waals surface area contributed by atoms with Crippen LogP contribution in [0.4, 0.5) is 0 Å². The Balaban J connectivity index is 2.23. The Morgan fingerprint density at radius 3 is 2.00 bits per heavy atom. The SMILES string of the molecule is CCC[C@H](C(=O)c1ccc(Cl)cc1)c1ccc(C(=O)OC(C)(C)C)cc1. The van der Waals surface area contributed by atoms with E-state index in [4.69, 9.17) is 16.3 Å². The lowest BCUT2D eigenvalue weighted by Crippen LogP contribution is -2.23. The van der Waals surface area contributed by atoms with Crippen molar-refractivity contribution in [1.82, 2.24) is 0 Å². The third-order valence-corrected chi connectivity index (χ3v) is 4.22. The molecular formula is C22H25ClO3. The molecule has 3 nitrogen and oxygen atoms in total. The maximum atomic E-state index is 12.9. The van der Waals surface area contributed by atoms with Gasteiger partial charge in [0.05, 0.1) is 5.56 Å². The molecule has 26 heavy (non-hydrogen) atoms. The maximum absolute atomic E-state index is 12.9. The van der Waals surface area contributed by atoms with Gasteiger partial charge in [0.1, 0.15) is 5.60 Å². The number of carbonyl (C=O) groups excluding carboxylic acids is 2. The predicted molar refractivity (Wildman–Crippen MR) is 105 cm³/mol. The minimum atomic E-state index is -0.537. The predicted octanol–water partition coefficient (Wildman–Crippen LogP) is 6.06. The first-order chi connectivity index (χ1) is 12.2. The molecule has 0 spiro atoms. The van der Waals surface area contributed by atoms with Crippen LogP contribution in [0.15, 0.2) is 48.5 Å². The smallest absolute Gasteiger partial charge is 0.338 e. The number of rotatable bonds is 6. The highest BCUT2D eigenvalue weighted by molar-refractivity contribution is 6.30. The van der Waals surface area contributed by atoms with Gasteiger partial charge in [-0.3, -0.25) is 4.79 Å². The normalized spacial score (nSPS) is 12.5. The molecule has 0 radical (unpaired) electrons. The number of hydrogen-bond acceptors (Lipinski definition) is 3. The summed E-state index contributed by atoms with van der Waals surface area (Å²) in [6.45, 7) is 7.56. The zero-order chi connectivity index (χ0) is 19.3. The van der Waals surface area contributed by atoms with Gasteiger partial charge in [-0.05, 0) is 69.2 Å². The molecule has 0 N–H and O–H groups in total. The van der Waals surface area contributed by atoms with E-state index in [9.17, 15) is 9.59 Å². The summed E-state index contributed by atoms with van der Waals surface area (Å²) < 4.78 is 5.38. The molecule has 4 heteroatoms. The number of halogens is 1. The van der Waals surface area contributed by atoms with E-state index in [2.05, 4.69) is 6.92 Å². The lowest BCUT2D eigenvalue weighted by molar-refractivity contribution is 0.00694. The minimum absolute atomic E-state index is 0.0635. The summed E-state index contributed by atoms with van der Waals surface area (Å²) in [5.74, 6) is -0.539. The van der Waals surface area contributed by atoms with Gasteiger partial charge in [0, 0.05) is 16.5 Å². The standard InChI is InChI=1S/C22H25ClO3/c1-5-6-19(20(24)16-11-13-18(23)14-12-16)15-7-9-17(10-8-15)21(25)26-22(2,3)4/h7-14,19H,5-6H2,1-4H3/t19-/m0/s1. The van der Waals surface area contributed by atoms with E-state index < -0.39 is 5.60 Å². The van der Waals surface area contributed by atoms with E-state index in [1.165, 1.54) is 0 Å². The Labute approximate surface area is 160 Å². The van der Waals surface area contributed by atoms with E-state index in [1.54, 1.807) is 36.4 Å². The molecule has 0 saturated heterocycles. The number of ether oxygens (including phenoxy) is 1. The minimum Gasteiger partial charge on any atom is -0.456 e. The first-order valence-electron chi connectivity index (χ1n) is 8.84. The molecular weight excluding hydrogens is 348 g/mol. The van der Waals surface area contributed by atoms with Crippen molar-refractivity contribution in [2.75, 3.05) is 0 Å². The van der Waals surface area contributed by atoms with Crippen LogP contribution in [-0.2, 0) is 4.74 Å². The lowest BCUT2D eigenvalue weighted by atomic mass is 9.87. The van der Waals surface area contributed by atoms with Crippen molar-refractivity contribution < 1.29 is 14.3 Å². The lowest BCUT2D eigenvalue weighted by Gasteiger charge is -2.20. The van der Waals surface area contributed by atoms with E-state index in [-0.39, 0.29) is 17.7 Å². The van der Waals surface area contributed by atoms with Crippen molar-refractivity contribution in [3.8, 4) is 0 Å². The monoisotopic (exact) mass is 372 g/mol. The molecule has 2 aromatic rings. The highest BCUT2D eigenvalue weighted by atomic mass is 35.5. The van der Waals surface area contributed by atoms with Gasteiger partial charge in [-0.25, -0.2) is 4.79 Å². The molecule has 0 aliphatic rings. The van der Waals surface area contributed by atoms with E-state index >= 15 is 0 Å². The molecule has 0 bridgehead atoms. The Hall–Kier alpha value is -2.13. The van der Waals surface area contributed by atoms with Crippen LogP contribution < -0.4 is 0 Å².